The molecule has 2 nitrogen and oxygen atoms in total. The fourth-order valence-electron chi connectivity index (χ4n) is 0.771. The number of allylic oxidation sites excluding steroid dienone is 5. The largest absolute Gasteiger partial charge is 0.506 e. The molecule has 3 heteroatoms. The van der Waals surface area contributed by atoms with Gasteiger partial charge in [0.15, 0.2) is 6.29 Å². The van der Waals surface area contributed by atoms with E-state index in [9.17, 15) is 9.90 Å². The molecule has 58 valence electrons. The lowest BCUT2D eigenvalue weighted by atomic mass is 10.2. The molecule has 0 atom stereocenters. The second kappa shape index (κ2) is 3.53. The lowest BCUT2D eigenvalue weighted by Crippen LogP contribution is -1.90. The first-order chi connectivity index (χ1) is 5.25. The second-order valence-electron chi connectivity index (χ2n) is 2.13. The van der Waals surface area contributed by atoms with Crippen LogP contribution in [0.1, 0.15) is 6.42 Å². The van der Waals surface area contributed by atoms with Gasteiger partial charge in [0.25, 0.3) is 0 Å². The van der Waals surface area contributed by atoms with Gasteiger partial charge in [-0.05, 0) is 6.08 Å². The molecular weight excluding hydrogens is 208 g/mol. The lowest BCUT2D eigenvalue weighted by molar-refractivity contribution is -0.104. The van der Waals surface area contributed by atoms with Crippen molar-refractivity contribution in [1.82, 2.24) is 0 Å². The first-order valence-corrected chi connectivity index (χ1v) is 3.95. The third-order valence-electron chi connectivity index (χ3n) is 1.37. The minimum absolute atomic E-state index is 0.0324. The Labute approximate surface area is 73.0 Å². The summed E-state index contributed by atoms with van der Waals surface area (Å²) in [6.45, 7) is 0. The number of carbonyl (C=O) groups is 1. The number of aldehydes is 1. The van der Waals surface area contributed by atoms with E-state index in [-0.39, 0.29) is 5.76 Å². The van der Waals surface area contributed by atoms with Crippen molar-refractivity contribution in [3.8, 4) is 0 Å². The predicted molar refractivity (Wildman–Crippen MR) is 46.5 cm³/mol. The quantitative estimate of drug-likeness (QED) is 0.681. The van der Waals surface area contributed by atoms with Crippen LogP contribution in [0.15, 0.2) is 34.0 Å². The van der Waals surface area contributed by atoms with Crippen molar-refractivity contribution >= 4 is 22.2 Å². The number of carbonyl (C=O) groups excluding carboxylic acids is 1. The number of aliphatic hydroxyl groups is 1. The molecule has 0 bridgehead atoms. The Morgan fingerprint density at radius 2 is 2.36 bits per heavy atom. The summed E-state index contributed by atoms with van der Waals surface area (Å²) in [5.74, 6) is 0.0324. The van der Waals surface area contributed by atoms with E-state index in [0.29, 0.717) is 22.8 Å². The number of aliphatic hydroxyl groups excluding tert-OH is 1. The highest BCUT2D eigenvalue weighted by Gasteiger charge is 2.07. The van der Waals surface area contributed by atoms with E-state index >= 15 is 0 Å². The van der Waals surface area contributed by atoms with Crippen LogP contribution in [0.5, 0.6) is 0 Å². The molecule has 0 unspecified atom stereocenters. The Morgan fingerprint density at radius 1 is 1.64 bits per heavy atom. The van der Waals surface area contributed by atoms with Crippen LogP contribution in [0.4, 0.5) is 0 Å². The SMILES string of the molecule is O=CC1=CC=CCC(Br)=C1O. The maximum absolute atomic E-state index is 10.4. The molecule has 0 heterocycles. The minimum atomic E-state index is 0.0324. The third-order valence-corrected chi connectivity index (χ3v) is 2.07. The van der Waals surface area contributed by atoms with E-state index in [1.54, 1.807) is 12.2 Å². The molecule has 11 heavy (non-hydrogen) atoms. The van der Waals surface area contributed by atoms with Gasteiger partial charge in [-0.15, -0.1) is 0 Å². The Hall–Kier alpha value is -0.830. The maximum Gasteiger partial charge on any atom is 0.153 e. The summed E-state index contributed by atoms with van der Waals surface area (Å²) in [5, 5.41) is 9.31. The maximum atomic E-state index is 10.4. The van der Waals surface area contributed by atoms with Crippen molar-refractivity contribution in [2.24, 2.45) is 0 Å². The van der Waals surface area contributed by atoms with Gasteiger partial charge >= 0.3 is 0 Å². The summed E-state index contributed by atoms with van der Waals surface area (Å²) in [6.07, 6.45) is 6.44. The normalized spacial score (nSPS) is 17.7. The summed E-state index contributed by atoms with van der Waals surface area (Å²) in [7, 11) is 0. The van der Waals surface area contributed by atoms with Crippen molar-refractivity contribution in [1.29, 1.82) is 0 Å². The predicted octanol–water partition coefficient (Wildman–Crippen LogP) is 2.24. The van der Waals surface area contributed by atoms with Gasteiger partial charge in [0, 0.05) is 10.9 Å². The topological polar surface area (TPSA) is 37.3 Å². The van der Waals surface area contributed by atoms with Crippen LogP contribution in [0.2, 0.25) is 0 Å². The Morgan fingerprint density at radius 3 is 3.00 bits per heavy atom. The van der Waals surface area contributed by atoms with E-state index < -0.39 is 0 Å². The van der Waals surface area contributed by atoms with Crippen molar-refractivity contribution in [2.45, 2.75) is 6.42 Å². The van der Waals surface area contributed by atoms with Gasteiger partial charge < -0.3 is 5.11 Å². The van der Waals surface area contributed by atoms with E-state index in [2.05, 4.69) is 15.9 Å². The Bertz CT molecular complexity index is 261. The highest BCUT2D eigenvalue weighted by Crippen LogP contribution is 2.22. The van der Waals surface area contributed by atoms with Gasteiger partial charge in [0.05, 0.1) is 5.57 Å². The van der Waals surface area contributed by atoms with Crippen LogP contribution in [-0.2, 0) is 4.79 Å². The van der Waals surface area contributed by atoms with Gasteiger partial charge in [0.1, 0.15) is 5.76 Å². The highest BCUT2D eigenvalue weighted by atomic mass is 79.9. The molecule has 0 aromatic carbocycles. The second-order valence-corrected chi connectivity index (χ2v) is 3.08. The molecule has 0 amide bonds. The smallest absolute Gasteiger partial charge is 0.153 e. The van der Waals surface area contributed by atoms with E-state index in [1.807, 2.05) is 6.08 Å². The number of halogens is 1. The van der Waals surface area contributed by atoms with Gasteiger partial charge in [0.2, 0.25) is 0 Å². The molecule has 0 fully saturated rings. The lowest BCUT2D eigenvalue weighted by Gasteiger charge is -1.98. The Kier molecular flexibility index (Phi) is 2.65. The zero-order valence-corrected chi connectivity index (χ0v) is 7.34. The molecular formula is C8H7BrO2. The molecule has 0 spiro atoms. The van der Waals surface area contributed by atoms with Crippen LogP contribution >= 0.6 is 15.9 Å². The number of hydrogen-bond acceptors (Lipinski definition) is 2. The molecule has 0 aromatic rings. The first kappa shape index (κ1) is 8.27. The van der Waals surface area contributed by atoms with Crippen molar-refractivity contribution in [3.63, 3.8) is 0 Å². The zero-order valence-electron chi connectivity index (χ0n) is 5.75. The van der Waals surface area contributed by atoms with Gasteiger partial charge in [-0.25, -0.2) is 0 Å². The summed E-state index contributed by atoms with van der Waals surface area (Å²) in [5.41, 5.74) is 0.311. The van der Waals surface area contributed by atoms with Crippen LogP contribution in [-0.4, -0.2) is 11.4 Å². The monoisotopic (exact) mass is 214 g/mol. The van der Waals surface area contributed by atoms with Crippen LogP contribution in [0.3, 0.4) is 0 Å². The standard InChI is InChI=1S/C8H7BrO2/c9-7-4-2-1-3-6(5-10)8(7)11/h1-3,5,11H,4H2. The molecule has 1 aliphatic rings. The molecule has 0 saturated heterocycles. The fourth-order valence-corrected chi connectivity index (χ4v) is 1.19. The molecule has 0 aliphatic heterocycles. The van der Waals surface area contributed by atoms with Gasteiger partial charge in [-0.1, -0.05) is 28.1 Å². The van der Waals surface area contributed by atoms with Crippen molar-refractivity contribution < 1.29 is 9.90 Å². The van der Waals surface area contributed by atoms with Crippen molar-refractivity contribution in [2.75, 3.05) is 0 Å². The number of rotatable bonds is 1. The molecule has 0 saturated carbocycles. The van der Waals surface area contributed by atoms with Gasteiger partial charge in [-0.2, -0.15) is 0 Å². The van der Waals surface area contributed by atoms with E-state index in [0.717, 1.165) is 0 Å². The summed E-state index contributed by atoms with van der Waals surface area (Å²) >= 11 is 3.16. The van der Waals surface area contributed by atoms with E-state index in [1.165, 1.54) is 0 Å². The fraction of sp³-hybridized carbons (Fsp3) is 0.125. The average Bonchev–Trinajstić information content (AvgIpc) is 2.16. The molecule has 1 N–H and O–H groups in total. The summed E-state index contributed by atoms with van der Waals surface area (Å²) in [4.78, 5) is 10.4. The highest BCUT2D eigenvalue weighted by molar-refractivity contribution is 9.11. The number of hydrogen-bond donors (Lipinski definition) is 1. The average molecular weight is 215 g/mol. The summed E-state index contributed by atoms with van der Waals surface area (Å²) in [6, 6.07) is 0. The van der Waals surface area contributed by atoms with Crippen LogP contribution in [0.25, 0.3) is 0 Å². The Balaban J connectivity index is 3.07. The van der Waals surface area contributed by atoms with Crippen LogP contribution in [0, 0.1) is 0 Å². The zero-order chi connectivity index (χ0) is 8.27. The minimum Gasteiger partial charge on any atom is -0.506 e. The van der Waals surface area contributed by atoms with E-state index in [4.69, 9.17) is 0 Å². The van der Waals surface area contributed by atoms with Gasteiger partial charge in [-0.3, -0.25) is 4.79 Å². The summed E-state index contributed by atoms with van der Waals surface area (Å²) < 4.78 is 0.643. The molecule has 1 aliphatic carbocycles. The van der Waals surface area contributed by atoms with Crippen LogP contribution < -0.4 is 0 Å². The third kappa shape index (κ3) is 1.80. The molecule has 1 rings (SSSR count). The van der Waals surface area contributed by atoms with Crippen molar-refractivity contribution in [3.05, 3.63) is 34.0 Å². The first-order valence-electron chi connectivity index (χ1n) is 3.15. The molecule has 0 radical (unpaired) electrons. The molecule has 0 aromatic heterocycles.